The van der Waals surface area contributed by atoms with Gasteiger partial charge in [0.25, 0.3) is 5.91 Å². The maximum atomic E-state index is 13.6. The number of benzene rings is 2. The Bertz CT molecular complexity index is 1280. The van der Waals surface area contributed by atoms with Crippen molar-refractivity contribution in [1.82, 2.24) is 0 Å². The van der Waals surface area contributed by atoms with Crippen LogP contribution >= 0.6 is 11.6 Å². The summed E-state index contributed by atoms with van der Waals surface area (Å²) in [5.74, 6) is -5.05. The predicted octanol–water partition coefficient (Wildman–Crippen LogP) is 4.35. The summed E-state index contributed by atoms with van der Waals surface area (Å²) in [6.45, 7) is 0. The average Bonchev–Trinajstić information content (AvgIpc) is 3.54. The number of anilines is 1. The average molecular weight is 484 g/mol. The van der Waals surface area contributed by atoms with Crippen molar-refractivity contribution in [3.63, 3.8) is 0 Å². The second-order valence-corrected chi connectivity index (χ2v) is 11.6. The normalized spacial score (nSPS) is 33.9. The third kappa shape index (κ3) is 2.74. The molecule has 1 aliphatic heterocycles. The van der Waals surface area contributed by atoms with Crippen molar-refractivity contribution in [3.8, 4) is 0 Å². The second-order valence-electron chi connectivity index (χ2n) is 9.09. The predicted molar refractivity (Wildman–Crippen MR) is 109 cm³/mol. The van der Waals surface area contributed by atoms with E-state index in [0.29, 0.717) is 12.1 Å². The molecule has 4 aliphatic rings. The standard InChI is InChI=1S/C22H17ClF3NO4S/c23-13-4-2-9(21(28)27-11-6-14(24)18(26)15(25)7-11)5-16(13)32(29,30)19-10-1-3-12(19)17-20-22(17,8-10)31-20/h2,4-7,10,12,17,19-20H,1,3,8H2,(H,27,28)/t10?,12?,17?,19-,20?,22-/m0/s1. The Morgan fingerprint density at radius 2 is 1.84 bits per heavy atom. The van der Waals surface area contributed by atoms with Crippen molar-refractivity contribution in [2.75, 3.05) is 5.32 Å². The number of hydrogen-bond acceptors (Lipinski definition) is 4. The first-order valence-electron chi connectivity index (χ1n) is 10.3. The molecule has 4 unspecified atom stereocenters. The Labute approximate surface area is 186 Å². The molecule has 1 saturated heterocycles. The molecule has 4 fully saturated rings. The van der Waals surface area contributed by atoms with Gasteiger partial charge in [-0.25, -0.2) is 21.6 Å². The molecule has 5 nitrogen and oxygen atoms in total. The summed E-state index contributed by atoms with van der Waals surface area (Å²) < 4.78 is 72.9. The molecular weight excluding hydrogens is 467 g/mol. The van der Waals surface area contributed by atoms with Gasteiger partial charge in [-0.2, -0.15) is 0 Å². The molecule has 0 radical (unpaired) electrons. The van der Waals surface area contributed by atoms with E-state index in [1.54, 1.807) is 0 Å². The summed E-state index contributed by atoms with van der Waals surface area (Å²) in [7, 11) is -3.83. The van der Waals surface area contributed by atoms with Gasteiger partial charge in [0.05, 0.1) is 21.3 Å². The molecular formula is C22H17ClF3NO4S. The number of halogens is 4. The van der Waals surface area contributed by atoms with E-state index in [1.807, 2.05) is 0 Å². The van der Waals surface area contributed by atoms with Gasteiger partial charge < -0.3 is 10.1 Å². The number of ether oxygens (including phenoxy) is 1. The molecule has 3 saturated carbocycles. The van der Waals surface area contributed by atoms with Crippen LogP contribution in [0.5, 0.6) is 0 Å². The summed E-state index contributed by atoms with van der Waals surface area (Å²) in [5, 5.41) is 1.71. The Balaban J connectivity index is 1.30. The van der Waals surface area contributed by atoms with Crippen molar-refractivity contribution in [2.45, 2.75) is 41.1 Å². The Morgan fingerprint density at radius 1 is 1.12 bits per heavy atom. The fourth-order valence-corrected chi connectivity index (χ4v) is 8.87. The van der Waals surface area contributed by atoms with Crippen LogP contribution in [0.3, 0.4) is 0 Å². The van der Waals surface area contributed by atoms with Crippen LogP contribution < -0.4 is 5.32 Å². The van der Waals surface area contributed by atoms with Crippen molar-refractivity contribution >= 4 is 33.0 Å². The van der Waals surface area contributed by atoms with Gasteiger partial charge in [-0.15, -0.1) is 0 Å². The SMILES string of the molecule is O=C(Nc1cc(F)c(F)c(F)c1)c1ccc(Cl)c(S(=O)(=O)[C@H]2C3CCC2C2C4O[C@]42C3)c1. The van der Waals surface area contributed by atoms with Gasteiger partial charge in [0.15, 0.2) is 27.3 Å². The van der Waals surface area contributed by atoms with Crippen LogP contribution in [-0.2, 0) is 14.6 Å². The van der Waals surface area contributed by atoms with Crippen LogP contribution in [0, 0.1) is 35.2 Å². The van der Waals surface area contributed by atoms with E-state index in [0.717, 1.165) is 19.3 Å². The van der Waals surface area contributed by atoms with Crippen LogP contribution in [0.1, 0.15) is 29.6 Å². The molecule has 168 valence electrons. The highest BCUT2D eigenvalue weighted by atomic mass is 35.5. The first-order chi connectivity index (χ1) is 15.1. The lowest BCUT2D eigenvalue weighted by atomic mass is 9.86. The Kier molecular flexibility index (Phi) is 4.15. The largest absolute Gasteiger partial charge is 0.365 e. The van der Waals surface area contributed by atoms with E-state index in [9.17, 15) is 26.4 Å². The van der Waals surface area contributed by atoms with Crippen molar-refractivity contribution < 1.29 is 31.1 Å². The van der Waals surface area contributed by atoms with Crippen LogP contribution in [0.25, 0.3) is 0 Å². The molecule has 2 aromatic carbocycles. The summed E-state index contributed by atoms with van der Waals surface area (Å²) >= 11 is 6.25. The first-order valence-corrected chi connectivity index (χ1v) is 12.2. The highest BCUT2D eigenvalue weighted by Gasteiger charge is 2.87. The van der Waals surface area contributed by atoms with Crippen molar-refractivity contribution in [3.05, 3.63) is 58.4 Å². The molecule has 1 amide bonds. The molecule has 1 spiro atoms. The van der Waals surface area contributed by atoms with Gasteiger partial charge in [-0.1, -0.05) is 11.6 Å². The zero-order valence-electron chi connectivity index (χ0n) is 16.4. The third-order valence-electron chi connectivity index (χ3n) is 7.45. The summed E-state index contributed by atoms with van der Waals surface area (Å²) in [6.07, 6.45) is 2.59. The quantitative estimate of drug-likeness (QED) is 0.518. The molecule has 1 heterocycles. The first kappa shape index (κ1) is 20.5. The topological polar surface area (TPSA) is 75.8 Å². The smallest absolute Gasteiger partial charge is 0.255 e. The zero-order chi connectivity index (χ0) is 22.6. The van der Waals surface area contributed by atoms with Crippen LogP contribution in [0.4, 0.5) is 18.9 Å². The Morgan fingerprint density at radius 3 is 2.53 bits per heavy atom. The molecule has 6 atom stereocenters. The number of sulfone groups is 1. The van der Waals surface area contributed by atoms with E-state index in [4.69, 9.17) is 16.3 Å². The van der Waals surface area contributed by atoms with Gasteiger partial charge in [-0.05, 0) is 49.3 Å². The summed E-state index contributed by atoms with van der Waals surface area (Å²) in [6, 6.07) is 5.11. The number of carbonyl (C=O) groups excluding carboxylic acids is 1. The Hall–Kier alpha value is -2.10. The molecule has 32 heavy (non-hydrogen) atoms. The van der Waals surface area contributed by atoms with Gasteiger partial charge >= 0.3 is 0 Å². The van der Waals surface area contributed by atoms with Crippen molar-refractivity contribution in [2.24, 2.45) is 17.8 Å². The summed E-state index contributed by atoms with van der Waals surface area (Å²) in [5.41, 5.74) is -0.423. The van der Waals surface area contributed by atoms with E-state index in [1.165, 1.54) is 18.2 Å². The zero-order valence-corrected chi connectivity index (χ0v) is 18.0. The lowest BCUT2D eigenvalue weighted by molar-refractivity contribution is 0.0824. The number of carbonyl (C=O) groups is 1. The highest BCUT2D eigenvalue weighted by Crippen LogP contribution is 2.77. The molecule has 2 aromatic rings. The van der Waals surface area contributed by atoms with Crippen LogP contribution in [-0.4, -0.2) is 31.3 Å². The third-order valence-corrected chi connectivity index (χ3v) is 10.3. The van der Waals surface area contributed by atoms with E-state index < -0.39 is 38.4 Å². The molecule has 2 bridgehead atoms. The number of hydrogen-bond donors (Lipinski definition) is 1. The molecule has 3 aliphatic carbocycles. The number of epoxide rings is 1. The van der Waals surface area contributed by atoms with E-state index in [-0.39, 0.29) is 50.6 Å². The lowest BCUT2D eigenvalue weighted by Gasteiger charge is -2.33. The van der Waals surface area contributed by atoms with Crippen molar-refractivity contribution in [1.29, 1.82) is 0 Å². The minimum Gasteiger partial charge on any atom is -0.365 e. The maximum Gasteiger partial charge on any atom is 0.255 e. The molecule has 6 rings (SSSR count). The van der Waals surface area contributed by atoms with Gasteiger partial charge in [0, 0.05) is 29.3 Å². The lowest BCUT2D eigenvalue weighted by Crippen LogP contribution is -2.40. The fraction of sp³-hybridized carbons (Fsp3) is 0.409. The number of amides is 1. The number of rotatable bonds is 4. The van der Waals surface area contributed by atoms with Crippen LogP contribution in [0.2, 0.25) is 5.02 Å². The summed E-state index contributed by atoms with van der Waals surface area (Å²) in [4.78, 5) is 12.5. The molecule has 10 heteroatoms. The monoisotopic (exact) mass is 483 g/mol. The molecule has 1 N–H and O–H groups in total. The van der Waals surface area contributed by atoms with Gasteiger partial charge in [0.1, 0.15) is 5.60 Å². The number of fused-ring (bicyclic) bond motifs is 4. The minimum atomic E-state index is -3.83. The fourth-order valence-electron chi connectivity index (χ4n) is 6.00. The maximum absolute atomic E-state index is 13.6. The number of nitrogens with one attached hydrogen (secondary N) is 1. The van der Waals surface area contributed by atoms with Gasteiger partial charge in [-0.3, -0.25) is 4.79 Å². The van der Waals surface area contributed by atoms with Crippen LogP contribution in [0.15, 0.2) is 35.2 Å². The molecule has 0 aromatic heterocycles. The van der Waals surface area contributed by atoms with E-state index in [2.05, 4.69) is 5.32 Å². The van der Waals surface area contributed by atoms with Gasteiger partial charge in [0.2, 0.25) is 0 Å². The highest BCUT2D eigenvalue weighted by molar-refractivity contribution is 7.92. The second kappa shape index (κ2) is 6.48. The minimum absolute atomic E-state index is 0.00698. The van der Waals surface area contributed by atoms with E-state index >= 15 is 0 Å².